The Balaban J connectivity index is 2.98. The fraction of sp³-hybridized carbons (Fsp3) is 0.765. The van der Waals surface area contributed by atoms with Crippen molar-refractivity contribution in [3.63, 3.8) is 0 Å². The Bertz CT molecular complexity index is 167. The molecule has 0 unspecified atom stereocenters. The zero-order chi connectivity index (χ0) is 12.6. The van der Waals surface area contributed by atoms with Crippen molar-refractivity contribution in [1.82, 2.24) is 0 Å². The summed E-state index contributed by atoms with van der Waals surface area (Å²) in [6.45, 7) is 7.59. The molecule has 0 aromatic rings. The van der Waals surface area contributed by atoms with Crippen LogP contribution < -0.4 is 0 Å². The lowest BCUT2D eigenvalue weighted by Gasteiger charge is -2.00. The molecule has 99 valence electrons. The van der Waals surface area contributed by atoms with Gasteiger partial charge in [0, 0.05) is 0 Å². The van der Waals surface area contributed by atoms with Crippen molar-refractivity contribution in [3.8, 4) is 0 Å². The van der Waals surface area contributed by atoms with E-state index >= 15 is 0 Å². The van der Waals surface area contributed by atoms with Gasteiger partial charge in [0.2, 0.25) is 0 Å². The van der Waals surface area contributed by atoms with Crippen molar-refractivity contribution < 1.29 is 0 Å². The Kier molecular flexibility index (Phi) is 15.0. The van der Waals surface area contributed by atoms with E-state index in [-0.39, 0.29) is 0 Å². The van der Waals surface area contributed by atoms with Gasteiger partial charge in [-0.2, -0.15) is 0 Å². The zero-order valence-electron chi connectivity index (χ0n) is 11.8. The van der Waals surface area contributed by atoms with Crippen molar-refractivity contribution in [2.24, 2.45) is 0 Å². The molecule has 0 nitrogen and oxygen atoms in total. The van der Waals surface area contributed by atoms with Crippen LogP contribution in [0.3, 0.4) is 0 Å². The molecule has 0 N–H and O–H groups in total. The highest BCUT2D eigenvalue weighted by molar-refractivity contribution is 4.81. The standard InChI is InChI=1S/C17H31/c1-3-5-7-9-11-13-15-17-16-14-12-10-8-6-4-2/h1,3,10,12H,4-9,11,13-17H2,2H3/b3-1?,12-10+. The predicted molar refractivity (Wildman–Crippen MR) is 79.1 cm³/mol. The Morgan fingerprint density at radius 2 is 1.12 bits per heavy atom. The molecular formula is C17H31. The maximum absolute atomic E-state index is 5.34. The summed E-state index contributed by atoms with van der Waals surface area (Å²) in [5.41, 5.74) is 0. The van der Waals surface area contributed by atoms with Crippen molar-refractivity contribution in [1.29, 1.82) is 0 Å². The Hall–Kier alpha value is -0.520. The van der Waals surface area contributed by atoms with Crippen LogP contribution in [-0.4, -0.2) is 0 Å². The smallest absolute Gasteiger partial charge is 0.0348 e. The third kappa shape index (κ3) is 15.5. The van der Waals surface area contributed by atoms with E-state index in [1.165, 1.54) is 70.6 Å². The van der Waals surface area contributed by atoms with Crippen molar-refractivity contribution >= 4 is 0 Å². The number of unbranched alkanes of at least 4 members (excludes halogenated alkanes) is 10. The van der Waals surface area contributed by atoms with E-state index in [1.807, 2.05) is 0 Å². The van der Waals surface area contributed by atoms with Gasteiger partial charge < -0.3 is 0 Å². The van der Waals surface area contributed by atoms with Gasteiger partial charge in [0.25, 0.3) is 0 Å². The fourth-order valence-corrected chi connectivity index (χ4v) is 1.97. The van der Waals surface area contributed by atoms with Crippen molar-refractivity contribution in [2.45, 2.75) is 84.0 Å². The molecule has 0 fully saturated rings. The molecule has 0 spiro atoms. The fourth-order valence-electron chi connectivity index (χ4n) is 1.97. The first-order valence-electron chi connectivity index (χ1n) is 7.60. The topological polar surface area (TPSA) is 0 Å². The average molecular weight is 235 g/mol. The Morgan fingerprint density at radius 3 is 1.65 bits per heavy atom. The van der Waals surface area contributed by atoms with Crippen molar-refractivity contribution in [3.05, 3.63) is 24.8 Å². The van der Waals surface area contributed by atoms with E-state index in [4.69, 9.17) is 6.58 Å². The molecule has 0 heteroatoms. The van der Waals surface area contributed by atoms with Gasteiger partial charge in [-0.15, -0.1) is 0 Å². The lowest BCUT2D eigenvalue weighted by molar-refractivity contribution is 0.583. The summed E-state index contributed by atoms with van der Waals surface area (Å²) in [4.78, 5) is 0. The van der Waals surface area contributed by atoms with Gasteiger partial charge in [0.1, 0.15) is 0 Å². The molecule has 0 saturated carbocycles. The van der Waals surface area contributed by atoms with Gasteiger partial charge >= 0.3 is 0 Å². The summed E-state index contributed by atoms with van der Waals surface area (Å²) in [5.74, 6) is 0. The molecule has 0 aromatic heterocycles. The normalized spacial score (nSPS) is 11.1. The third-order valence-corrected chi connectivity index (χ3v) is 3.13. The van der Waals surface area contributed by atoms with Crippen LogP contribution >= 0.6 is 0 Å². The molecule has 0 aliphatic heterocycles. The van der Waals surface area contributed by atoms with Crippen LogP contribution in [0.25, 0.3) is 0 Å². The molecule has 0 atom stereocenters. The van der Waals surface area contributed by atoms with E-state index in [2.05, 4.69) is 19.1 Å². The molecule has 0 saturated heterocycles. The van der Waals surface area contributed by atoms with Gasteiger partial charge in [-0.3, -0.25) is 0 Å². The Labute approximate surface area is 109 Å². The molecule has 0 heterocycles. The maximum Gasteiger partial charge on any atom is -0.0348 e. The van der Waals surface area contributed by atoms with E-state index in [9.17, 15) is 0 Å². The van der Waals surface area contributed by atoms with Gasteiger partial charge in [-0.25, -0.2) is 0 Å². The van der Waals surface area contributed by atoms with Crippen LogP contribution in [0.5, 0.6) is 0 Å². The van der Waals surface area contributed by atoms with Gasteiger partial charge in [-0.1, -0.05) is 76.7 Å². The summed E-state index contributed by atoms with van der Waals surface area (Å²) >= 11 is 0. The van der Waals surface area contributed by atoms with Crippen LogP contribution in [0.4, 0.5) is 0 Å². The highest BCUT2D eigenvalue weighted by Crippen LogP contribution is 2.10. The quantitative estimate of drug-likeness (QED) is 0.262. The number of hydrogen-bond acceptors (Lipinski definition) is 0. The molecule has 0 aliphatic carbocycles. The van der Waals surface area contributed by atoms with Gasteiger partial charge in [-0.05, 0) is 32.1 Å². The SMILES string of the molecule is [CH]=CCCCCCCCCC/C=C/CCCC. The van der Waals surface area contributed by atoms with Crippen LogP contribution in [-0.2, 0) is 0 Å². The number of allylic oxidation sites excluding steroid dienone is 3. The van der Waals surface area contributed by atoms with Crippen LogP contribution in [0.2, 0.25) is 0 Å². The Morgan fingerprint density at radius 1 is 0.647 bits per heavy atom. The molecule has 0 bridgehead atoms. The monoisotopic (exact) mass is 235 g/mol. The second-order valence-corrected chi connectivity index (χ2v) is 4.90. The van der Waals surface area contributed by atoms with E-state index in [0.29, 0.717) is 0 Å². The van der Waals surface area contributed by atoms with Crippen LogP contribution in [0.1, 0.15) is 84.0 Å². The lowest BCUT2D eigenvalue weighted by Crippen LogP contribution is -1.80. The minimum Gasteiger partial charge on any atom is -0.0885 e. The molecule has 1 radical (unpaired) electrons. The first-order valence-corrected chi connectivity index (χ1v) is 7.60. The number of hydrogen-bond donors (Lipinski definition) is 0. The van der Waals surface area contributed by atoms with Crippen LogP contribution in [0.15, 0.2) is 18.2 Å². The summed E-state index contributed by atoms with van der Waals surface area (Å²) in [6, 6.07) is 0. The first-order chi connectivity index (χ1) is 8.41. The first kappa shape index (κ1) is 16.5. The minimum atomic E-state index is 1.09. The summed E-state index contributed by atoms with van der Waals surface area (Å²) in [5, 5.41) is 0. The summed E-state index contributed by atoms with van der Waals surface area (Å²) in [6.07, 6.45) is 22.4. The van der Waals surface area contributed by atoms with Gasteiger partial charge in [0.05, 0.1) is 0 Å². The van der Waals surface area contributed by atoms with Crippen molar-refractivity contribution in [2.75, 3.05) is 0 Å². The summed E-state index contributed by atoms with van der Waals surface area (Å²) < 4.78 is 0. The number of rotatable bonds is 13. The minimum absolute atomic E-state index is 1.09. The van der Waals surface area contributed by atoms with Crippen LogP contribution in [0, 0.1) is 6.58 Å². The highest BCUT2D eigenvalue weighted by atomic mass is 14.0. The summed E-state index contributed by atoms with van der Waals surface area (Å²) in [7, 11) is 0. The molecule has 17 heavy (non-hydrogen) atoms. The molecule has 0 aromatic carbocycles. The largest absolute Gasteiger partial charge is 0.0885 e. The van der Waals surface area contributed by atoms with E-state index < -0.39 is 0 Å². The lowest BCUT2D eigenvalue weighted by atomic mass is 10.1. The van der Waals surface area contributed by atoms with E-state index in [0.717, 1.165) is 6.42 Å². The molecule has 0 aliphatic rings. The maximum atomic E-state index is 5.34. The van der Waals surface area contributed by atoms with Gasteiger partial charge in [0.15, 0.2) is 0 Å². The second kappa shape index (κ2) is 15.5. The second-order valence-electron chi connectivity index (χ2n) is 4.90. The third-order valence-electron chi connectivity index (χ3n) is 3.13. The average Bonchev–Trinajstić information content (AvgIpc) is 2.35. The molecule has 0 rings (SSSR count). The highest BCUT2D eigenvalue weighted by Gasteiger charge is 1.90. The molecular weight excluding hydrogens is 204 g/mol. The van der Waals surface area contributed by atoms with E-state index in [1.54, 1.807) is 6.08 Å². The predicted octanol–water partition coefficient (Wildman–Crippen LogP) is 6.23. The molecule has 0 amide bonds. The zero-order valence-corrected chi connectivity index (χ0v) is 11.8.